The van der Waals surface area contributed by atoms with Crippen molar-refractivity contribution in [2.24, 2.45) is 0 Å². The van der Waals surface area contributed by atoms with Gasteiger partial charge in [-0.2, -0.15) is 0 Å². The molecule has 0 amide bonds. The topological polar surface area (TPSA) is 54.4 Å². The van der Waals surface area contributed by atoms with E-state index in [1.165, 1.54) is 6.26 Å². The first-order valence-electron chi connectivity index (χ1n) is 5.31. The summed E-state index contributed by atoms with van der Waals surface area (Å²) in [5.41, 5.74) is 1.99. The molecule has 0 radical (unpaired) electrons. The molecule has 0 aliphatic heterocycles. The van der Waals surface area contributed by atoms with E-state index in [1.807, 2.05) is 31.2 Å². The van der Waals surface area contributed by atoms with Crippen molar-refractivity contribution in [3.05, 3.63) is 35.4 Å². The van der Waals surface area contributed by atoms with E-state index in [0.717, 1.165) is 11.1 Å². The number of rotatable bonds is 5. The average molecular weight is 242 g/mol. The van der Waals surface area contributed by atoms with Crippen molar-refractivity contribution in [2.45, 2.75) is 25.9 Å². The number of benzene rings is 1. The van der Waals surface area contributed by atoms with E-state index >= 15 is 0 Å². The Kier molecular flexibility index (Phi) is 4.50. The number of aliphatic hydroxyl groups excluding tert-OH is 1. The zero-order valence-electron chi connectivity index (χ0n) is 9.68. The molecule has 0 aliphatic rings. The van der Waals surface area contributed by atoms with Crippen LogP contribution in [0.4, 0.5) is 0 Å². The van der Waals surface area contributed by atoms with Crippen LogP contribution in [0.2, 0.25) is 0 Å². The molecular weight excluding hydrogens is 224 g/mol. The third kappa shape index (κ3) is 4.77. The second-order valence-electron chi connectivity index (χ2n) is 4.20. The monoisotopic (exact) mass is 242 g/mol. The van der Waals surface area contributed by atoms with E-state index in [-0.39, 0.29) is 5.75 Å². The van der Waals surface area contributed by atoms with Gasteiger partial charge >= 0.3 is 0 Å². The first-order chi connectivity index (χ1) is 7.38. The molecule has 0 saturated carbocycles. The van der Waals surface area contributed by atoms with Gasteiger partial charge < -0.3 is 5.11 Å². The molecule has 1 atom stereocenters. The summed E-state index contributed by atoms with van der Waals surface area (Å²) in [6, 6.07) is 7.63. The molecule has 1 unspecified atom stereocenters. The Morgan fingerprint density at radius 2 is 1.81 bits per heavy atom. The summed E-state index contributed by atoms with van der Waals surface area (Å²) in [4.78, 5) is 0. The highest BCUT2D eigenvalue weighted by Crippen LogP contribution is 2.18. The Labute approximate surface area is 97.0 Å². The van der Waals surface area contributed by atoms with Gasteiger partial charge in [0.2, 0.25) is 0 Å². The lowest BCUT2D eigenvalue weighted by atomic mass is 10.0. The van der Waals surface area contributed by atoms with Crippen LogP contribution in [0.1, 0.15) is 30.1 Å². The summed E-state index contributed by atoms with van der Waals surface area (Å²) in [5.74, 6) is 0.135. The van der Waals surface area contributed by atoms with Gasteiger partial charge in [-0.1, -0.05) is 29.8 Å². The fraction of sp³-hybridized carbons (Fsp3) is 0.500. The minimum atomic E-state index is -2.92. The summed E-state index contributed by atoms with van der Waals surface area (Å²) in [6.45, 7) is 1.99. The quantitative estimate of drug-likeness (QED) is 0.857. The molecule has 90 valence electrons. The van der Waals surface area contributed by atoms with Gasteiger partial charge in [-0.3, -0.25) is 0 Å². The van der Waals surface area contributed by atoms with Gasteiger partial charge in [-0.25, -0.2) is 8.42 Å². The first kappa shape index (κ1) is 13.2. The standard InChI is InChI=1S/C12H18O3S/c1-10-5-7-11(8-6-10)12(13)4-3-9-16(2,14)15/h5-8,12-13H,3-4,9H2,1-2H3. The van der Waals surface area contributed by atoms with Crippen molar-refractivity contribution in [3.8, 4) is 0 Å². The Bertz CT molecular complexity index is 420. The maximum absolute atomic E-state index is 10.9. The third-order valence-electron chi connectivity index (χ3n) is 2.45. The van der Waals surface area contributed by atoms with E-state index < -0.39 is 15.9 Å². The first-order valence-corrected chi connectivity index (χ1v) is 7.37. The minimum absolute atomic E-state index is 0.135. The fourth-order valence-corrected chi connectivity index (χ4v) is 2.19. The molecule has 4 heteroatoms. The van der Waals surface area contributed by atoms with E-state index in [0.29, 0.717) is 12.8 Å². The van der Waals surface area contributed by atoms with Crippen molar-refractivity contribution in [1.29, 1.82) is 0 Å². The third-order valence-corrected chi connectivity index (χ3v) is 3.49. The predicted molar refractivity (Wildman–Crippen MR) is 65.1 cm³/mol. The molecule has 0 bridgehead atoms. The molecule has 1 aromatic rings. The Balaban J connectivity index is 2.47. The summed E-state index contributed by atoms with van der Waals surface area (Å²) in [5, 5.41) is 9.81. The smallest absolute Gasteiger partial charge is 0.147 e. The van der Waals surface area contributed by atoms with E-state index in [4.69, 9.17) is 0 Å². The van der Waals surface area contributed by atoms with Gasteiger partial charge in [0.1, 0.15) is 9.84 Å². The second kappa shape index (κ2) is 5.46. The summed E-state index contributed by atoms with van der Waals surface area (Å²) in [7, 11) is -2.92. The van der Waals surface area contributed by atoms with Crippen molar-refractivity contribution in [2.75, 3.05) is 12.0 Å². The van der Waals surface area contributed by atoms with E-state index in [1.54, 1.807) is 0 Å². The fourth-order valence-electron chi connectivity index (χ4n) is 1.49. The number of aliphatic hydroxyl groups is 1. The largest absolute Gasteiger partial charge is 0.388 e. The van der Waals surface area contributed by atoms with Gasteiger partial charge in [-0.05, 0) is 25.3 Å². The molecule has 0 aliphatic carbocycles. The zero-order chi connectivity index (χ0) is 12.2. The van der Waals surface area contributed by atoms with Gasteiger partial charge in [0.05, 0.1) is 6.10 Å². The zero-order valence-corrected chi connectivity index (χ0v) is 10.5. The highest BCUT2D eigenvalue weighted by molar-refractivity contribution is 7.90. The van der Waals surface area contributed by atoms with Gasteiger partial charge in [0.15, 0.2) is 0 Å². The molecule has 0 saturated heterocycles. The van der Waals surface area contributed by atoms with Crippen LogP contribution in [-0.2, 0) is 9.84 Å². The van der Waals surface area contributed by atoms with Crippen LogP contribution in [0.15, 0.2) is 24.3 Å². The van der Waals surface area contributed by atoms with Gasteiger partial charge in [-0.15, -0.1) is 0 Å². The van der Waals surface area contributed by atoms with Crippen LogP contribution < -0.4 is 0 Å². The molecule has 0 spiro atoms. The Hall–Kier alpha value is -0.870. The highest BCUT2D eigenvalue weighted by atomic mass is 32.2. The van der Waals surface area contributed by atoms with Crippen LogP contribution in [0.3, 0.4) is 0 Å². The highest BCUT2D eigenvalue weighted by Gasteiger charge is 2.09. The van der Waals surface area contributed by atoms with Crippen LogP contribution in [0, 0.1) is 6.92 Å². The lowest BCUT2D eigenvalue weighted by molar-refractivity contribution is 0.166. The lowest BCUT2D eigenvalue weighted by Crippen LogP contribution is -2.05. The van der Waals surface area contributed by atoms with Crippen LogP contribution in [0.5, 0.6) is 0 Å². The molecule has 1 aromatic carbocycles. The Morgan fingerprint density at radius 3 is 2.31 bits per heavy atom. The SMILES string of the molecule is Cc1ccc(C(O)CCCS(C)(=O)=O)cc1. The molecule has 0 aromatic heterocycles. The number of hydrogen-bond donors (Lipinski definition) is 1. The Morgan fingerprint density at radius 1 is 1.25 bits per heavy atom. The summed E-state index contributed by atoms with van der Waals surface area (Å²) < 4.78 is 21.8. The number of sulfone groups is 1. The van der Waals surface area contributed by atoms with Gasteiger partial charge in [0, 0.05) is 12.0 Å². The molecule has 16 heavy (non-hydrogen) atoms. The maximum Gasteiger partial charge on any atom is 0.147 e. The van der Waals surface area contributed by atoms with E-state index in [9.17, 15) is 13.5 Å². The lowest BCUT2D eigenvalue weighted by Gasteiger charge is -2.10. The summed E-state index contributed by atoms with van der Waals surface area (Å²) in [6.07, 6.45) is 1.62. The van der Waals surface area contributed by atoms with E-state index in [2.05, 4.69) is 0 Å². The molecule has 0 fully saturated rings. The molecule has 0 heterocycles. The predicted octanol–water partition coefficient (Wildman–Crippen LogP) is 1.85. The van der Waals surface area contributed by atoms with Gasteiger partial charge in [0.25, 0.3) is 0 Å². The molecule has 1 N–H and O–H groups in total. The summed E-state index contributed by atoms with van der Waals surface area (Å²) >= 11 is 0. The molecule has 3 nitrogen and oxygen atoms in total. The number of aryl methyl sites for hydroxylation is 1. The van der Waals surface area contributed by atoms with Crippen molar-refractivity contribution < 1.29 is 13.5 Å². The van der Waals surface area contributed by atoms with Crippen LogP contribution in [0.25, 0.3) is 0 Å². The minimum Gasteiger partial charge on any atom is -0.388 e. The molecule has 1 rings (SSSR count). The second-order valence-corrected chi connectivity index (χ2v) is 6.46. The number of hydrogen-bond acceptors (Lipinski definition) is 3. The molecular formula is C12H18O3S. The normalized spacial score (nSPS) is 13.7. The maximum atomic E-state index is 10.9. The van der Waals surface area contributed by atoms with Crippen molar-refractivity contribution in [1.82, 2.24) is 0 Å². The van der Waals surface area contributed by atoms with Crippen molar-refractivity contribution >= 4 is 9.84 Å². The van der Waals surface area contributed by atoms with Crippen LogP contribution >= 0.6 is 0 Å². The average Bonchev–Trinajstić information content (AvgIpc) is 2.16. The van der Waals surface area contributed by atoms with Crippen LogP contribution in [-0.4, -0.2) is 25.5 Å². The van der Waals surface area contributed by atoms with Crippen molar-refractivity contribution in [3.63, 3.8) is 0 Å².